The van der Waals surface area contributed by atoms with Gasteiger partial charge >= 0.3 is 12.1 Å². The van der Waals surface area contributed by atoms with Crippen LogP contribution >= 0.6 is 0 Å². The number of nitrogens with one attached hydrogen (secondary N) is 2. The van der Waals surface area contributed by atoms with Gasteiger partial charge in [-0.3, -0.25) is 9.20 Å². The molecule has 2 aromatic heterocycles. The summed E-state index contributed by atoms with van der Waals surface area (Å²) in [5, 5.41) is 3.13. The Morgan fingerprint density at radius 3 is 2.76 bits per heavy atom. The number of H-pyrrole nitrogens is 1. The molecule has 34 heavy (non-hydrogen) atoms. The predicted octanol–water partition coefficient (Wildman–Crippen LogP) is 3.71. The van der Waals surface area contributed by atoms with Crippen molar-refractivity contribution in [3.63, 3.8) is 0 Å². The number of fused-ring (bicyclic) bond motifs is 4. The van der Waals surface area contributed by atoms with Gasteiger partial charge in [0.05, 0.1) is 35.4 Å². The van der Waals surface area contributed by atoms with Gasteiger partial charge in [0.25, 0.3) is 5.56 Å². The van der Waals surface area contributed by atoms with Crippen molar-refractivity contribution in [2.45, 2.75) is 19.6 Å². The molecule has 0 spiro atoms. The highest BCUT2D eigenvalue weighted by molar-refractivity contribution is 5.91. The standard InChI is InChI=1S/C22H17F3N4O5/c1-2-32-21(31)18-15(9-26-12-4-6-16-17(8-12)34-10-33-16)29-14-5-3-11(22(23,24)25)7-13(14)27-20(30)19(29)28-18/h3-8,26H,2,9-10H2,1H3,(H,27,30). The van der Waals surface area contributed by atoms with E-state index in [4.69, 9.17) is 14.2 Å². The maximum absolute atomic E-state index is 13.2. The van der Waals surface area contributed by atoms with Crippen molar-refractivity contribution in [3.8, 4) is 11.5 Å². The summed E-state index contributed by atoms with van der Waals surface area (Å²) < 4.78 is 56.7. The van der Waals surface area contributed by atoms with Crippen molar-refractivity contribution in [1.29, 1.82) is 0 Å². The molecule has 2 N–H and O–H groups in total. The van der Waals surface area contributed by atoms with Gasteiger partial charge in [-0.15, -0.1) is 0 Å². The fourth-order valence-electron chi connectivity index (χ4n) is 3.77. The van der Waals surface area contributed by atoms with Crippen molar-refractivity contribution in [1.82, 2.24) is 14.4 Å². The molecule has 2 aromatic carbocycles. The molecule has 1 aliphatic rings. The number of benzene rings is 2. The lowest BCUT2D eigenvalue weighted by Gasteiger charge is -2.12. The van der Waals surface area contributed by atoms with Gasteiger partial charge in [-0.05, 0) is 37.3 Å². The van der Waals surface area contributed by atoms with Gasteiger partial charge < -0.3 is 24.5 Å². The first-order valence-electron chi connectivity index (χ1n) is 10.2. The first-order valence-corrected chi connectivity index (χ1v) is 10.2. The van der Waals surface area contributed by atoms with E-state index < -0.39 is 23.3 Å². The summed E-state index contributed by atoms with van der Waals surface area (Å²) in [5.74, 6) is 0.369. The van der Waals surface area contributed by atoms with Gasteiger partial charge in [0.2, 0.25) is 12.4 Å². The third-order valence-corrected chi connectivity index (χ3v) is 5.29. The van der Waals surface area contributed by atoms with Crippen molar-refractivity contribution < 1.29 is 32.2 Å². The summed E-state index contributed by atoms with van der Waals surface area (Å²) in [7, 11) is 0. The van der Waals surface area contributed by atoms with E-state index in [-0.39, 0.29) is 48.0 Å². The van der Waals surface area contributed by atoms with Crippen LogP contribution in [0, 0.1) is 0 Å². The molecule has 0 atom stereocenters. The second-order valence-corrected chi connectivity index (χ2v) is 7.39. The molecule has 0 saturated heterocycles. The minimum Gasteiger partial charge on any atom is -0.461 e. The maximum atomic E-state index is 13.2. The summed E-state index contributed by atoms with van der Waals surface area (Å²) in [6.07, 6.45) is -4.59. The molecule has 0 aliphatic carbocycles. The van der Waals surface area contributed by atoms with Crippen molar-refractivity contribution >= 4 is 28.3 Å². The first kappa shape index (κ1) is 21.6. The zero-order valence-electron chi connectivity index (χ0n) is 17.7. The van der Waals surface area contributed by atoms with E-state index in [1.54, 1.807) is 25.1 Å². The van der Waals surface area contributed by atoms with Crippen LogP contribution in [0.2, 0.25) is 0 Å². The average molecular weight is 474 g/mol. The molecule has 0 radical (unpaired) electrons. The van der Waals surface area contributed by atoms with Crippen LogP contribution in [0.5, 0.6) is 11.5 Å². The Kier molecular flexibility index (Phi) is 5.07. The normalized spacial score (nSPS) is 12.9. The second kappa shape index (κ2) is 7.97. The zero-order valence-corrected chi connectivity index (χ0v) is 17.7. The van der Waals surface area contributed by atoms with Gasteiger partial charge in [0.15, 0.2) is 17.2 Å². The molecular weight excluding hydrogens is 457 g/mol. The Morgan fingerprint density at radius 1 is 1.21 bits per heavy atom. The highest BCUT2D eigenvalue weighted by atomic mass is 19.4. The van der Waals surface area contributed by atoms with Crippen molar-refractivity contribution in [3.05, 3.63) is 63.7 Å². The Labute approximate surface area is 189 Å². The number of hydrogen-bond donors (Lipinski definition) is 2. The summed E-state index contributed by atoms with van der Waals surface area (Å²) >= 11 is 0. The van der Waals surface area contributed by atoms with Crippen molar-refractivity contribution in [2.24, 2.45) is 0 Å². The molecule has 176 valence electrons. The molecule has 4 aromatic rings. The number of ether oxygens (including phenoxy) is 3. The number of hydrogen-bond acceptors (Lipinski definition) is 7. The Morgan fingerprint density at radius 2 is 2.00 bits per heavy atom. The van der Waals surface area contributed by atoms with E-state index in [0.717, 1.165) is 12.1 Å². The Balaban J connectivity index is 1.65. The van der Waals surface area contributed by atoms with E-state index in [1.165, 1.54) is 10.5 Å². The fourth-order valence-corrected chi connectivity index (χ4v) is 3.77. The van der Waals surface area contributed by atoms with E-state index in [0.29, 0.717) is 17.2 Å². The van der Waals surface area contributed by atoms with Crippen LogP contribution in [0.4, 0.5) is 18.9 Å². The van der Waals surface area contributed by atoms with E-state index >= 15 is 0 Å². The van der Waals surface area contributed by atoms with Crippen LogP contribution in [-0.2, 0) is 17.5 Å². The topological polar surface area (TPSA) is 107 Å². The van der Waals surface area contributed by atoms with Gasteiger partial charge in [0, 0.05) is 11.8 Å². The monoisotopic (exact) mass is 474 g/mol. The molecule has 5 rings (SSSR count). The van der Waals surface area contributed by atoms with E-state index in [1.807, 2.05) is 0 Å². The number of halogens is 3. The third kappa shape index (κ3) is 3.66. The summed E-state index contributed by atoms with van der Waals surface area (Å²) in [6.45, 7) is 1.81. The first-order chi connectivity index (χ1) is 16.3. The number of aromatic amines is 1. The predicted molar refractivity (Wildman–Crippen MR) is 114 cm³/mol. The fraction of sp³-hybridized carbons (Fsp3) is 0.227. The number of anilines is 1. The van der Waals surface area contributed by atoms with Crippen molar-refractivity contribution in [2.75, 3.05) is 18.7 Å². The smallest absolute Gasteiger partial charge is 0.416 e. The lowest BCUT2D eigenvalue weighted by Crippen LogP contribution is -2.14. The molecule has 0 unspecified atom stereocenters. The zero-order chi connectivity index (χ0) is 24.0. The quantitative estimate of drug-likeness (QED) is 0.425. The molecular formula is C22H17F3N4O5. The number of nitrogens with zero attached hydrogens (tertiary/aromatic N) is 2. The number of alkyl halides is 3. The lowest BCUT2D eigenvalue weighted by atomic mass is 10.2. The number of carbonyl (C=O) groups is 1. The van der Waals surface area contributed by atoms with Crippen LogP contribution in [0.3, 0.4) is 0 Å². The van der Waals surface area contributed by atoms with Crippen LogP contribution in [0.25, 0.3) is 16.7 Å². The summed E-state index contributed by atoms with van der Waals surface area (Å²) in [6, 6.07) is 8.12. The second-order valence-electron chi connectivity index (χ2n) is 7.39. The van der Waals surface area contributed by atoms with Gasteiger partial charge in [-0.2, -0.15) is 13.2 Å². The minimum atomic E-state index is -4.59. The number of carbonyl (C=O) groups excluding carboxylic acids is 1. The lowest BCUT2D eigenvalue weighted by molar-refractivity contribution is -0.137. The SMILES string of the molecule is CCOC(=O)c1nc2c(=O)[nH]c3cc(C(F)(F)F)ccc3n2c1CNc1ccc2c(c1)OCO2. The summed E-state index contributed by atoms with van der Waals surface area (Å²) in [4.78, 5) is 31.9. The summed E-state index contributed by atoms with van der Waals surface area (Å²) in [5.41, 5.74) is -0.847. The molecule has 0 fully saturated rings. The van der Waals surface area contributed by atoms with E-state index in [2.05, 4.69) is 15.3 Å². The molecule has 0 amide bonds. The van der Waals surface area contributed by atoms with Crippen LogP contribution in [0.15, 0.2) is 41.2 Å². The molecule has 9 nitrogen and oxygen atoms in total. The number of rotatable bonds is 5. The highest BCUT2D eigenvalue weighted by Crippen LogP contribution is 2.35. The number of esters is 1. The molecule has 1 aliphatic heterocycles. The minimum absolute atomic E-state index is 0.00847. The third-order valence-electron chi connectivity index (χ3n) is 5.29. The molecule has 0 bridgehead atoms. The number of aromatic nitrogens is 3. The average Bonchev–Trinajstić information content (AvgIpc) is 3.41. The van der Waals surface area contributed by atoms with Gasteiger partial charge in [-0.1, -0.05) is 0 Å². The molecule has 3 heterocycles. The number of imidazole rings is 1. The molecule has 12 heteroatoms. The maximum Gasteiger partial charge on any atom is 0.416 e. The molecule has 0 saturated carbocycles. The van der Waals surface area contributed by atoms with Crippen LogP contribution < -0.4 is 20.3 Å². The van der Waals surface area contributed by atoms with Crippen LogP contribution in [-0.4, -0.2) is 33.7 Å². The Bertz CT molecular complexity index is 1490. The Hall–Kier alpha value is -4.22. The largest absolute Gasteiger partial charge is 0.461 e. The van der Waals surface area contributed by atoms with E-state index in [9.17, 15) is 22.8 Å². The highest BCUT2D eigenvalue weighted by Gasteiger charge is 2.31. The van der Waals surface area contributed by atoms with Gasteiger partial charge in [0.1, 0.15) is 0 Å². The van der Waals surface area contributed by atoms with Crippen LogP contribution in [0.1, 0.15) is 28.7 Å². The van der Waals surface area contributed by atoms with Gasteiger partial charge in [-0.25, -0.2) is 9.78 Å².